The number of thiazole rings is 1. The van der Waals surface area contributed by atoms with E-state index >= 15 is 0 Å². The summed E-state index contributed by atoms with van der Waals surface area (Å²) in [4.78, 5) is 5.08. The molecule has 0 aliphatic heterocycles. The van der Waals surface area contributed by atoms with E-state index in [-0.39, 0.29) is 31.9 Å². The molecule has 5 nitrogen and oxygen atoms in total. The number of hydrogen-bond acceptors (Lipinski definition) is 2. The fraction of sp³-hybridized carbons (Fsp3) is 0.417. The Balaban J connectivity index is 0.00000157. The third-order valence-electron chi connectivity index (χ3n) is 6.13. The number of hydrogen-bond donors (Lipinski definition) is 0. The van der Waals surface area contributed by atoms with E-state index in [0.717, 1.165) is 28.4 Å². The minimum atomic E-state index is -0.128. The van der Waals surface area contributed by atoms with Crippen LogP contribution in [0.1, 0.15) is 79.8 Å². The summed E-state index contributed by atoms with van der Waals surface area (Å²) in [5.41, 5.74) is 8.43. The molecule has 230 valence electrons. The van der Waals surface area contributed by atoms with Crippen LogP contribution in [-0.2, 0) is 32.3 Å². The maximum absolute atomic E-state index is 5.42. The van der Waals surface area contributed by atoms with Crippen molar-refractivity contribution in [1.29, 1.82) is 0 Å². The van der Waals surface area contributed by atoms with Crippen molar-refractivity contribution in [1.82, 2.24) is 4.98 Å². The van der Waals surface area contributed by atoms with Gasteiger partial charge in [-0.15, -0.1) is 17.0 Å². The smallest absolute Gasteiger partial charge is 0.672 e. The van der Waals surface area contributed by atoms with E-state index in [0.29, 0.717) is 11.8 Å². The molecule has 0 spiro atoms. The van der Waals surface area contributed by atoms with Crippen molar-refractivity contribution in [3.63, 3.8) is 0 Å². The zero-order valence-electron chi connectivity index (χ0n) is 28.1. The van der Waals surface area contributed by atoms with Crippen LogP contribution in [-0.4, -0.2) is 47.3 Å². The molecule has 1 atom stereocenters. The summed E-state index contributed by atoms with van der Waals surface area (Å²) in [7, 11) is 10.5. The number of aryl methyl sites for hydroxylation is 1. The van der Waals surface area contributed by atoms with Gasteiger partial charge in [-0.05, 0) is 29.9 Å². The van der Waals surface area contributed by atoms with Crippen LogP contribution < -0.4 is 0 Å². The third kappa shape index (κ3) is 13.6. The van der Waals surface area contributed by atoms with Crippen LogP contribution in [0.2, 0.25) is 0 Å². The van der Waals surface area contributed by atoms with Gasteiger partial charge in [-0.3, -0.25) is 0 Å². The first-order chi connectivity index (χ1) is 20.2. The molecule has 1 unspecified atom stereocenters. The van der Waals surface area contributed by atoms with E-state index < -0.39 is 0 Å². The van der Waals surface area contributed by atoms with E-state index in [2.05, 4.69) is 129 Å². The molecule has 1 heterocycles. The van der Waals surface area contributed by atoms with Gasteiger partial charge < -0.3 is 21.3 Å². The Hall–Kier alpha value is -2.16. The Morgan fingerprint density at radius 1 is 0.674 bits per heavy atom. The van der Waals surface area contributed by atoms with Crippen molar-refractivity contribution in [3.05, 3.63) is 127 Å². The fourth-order valence-corrected chi connectivity index (χ4v) is 5.04. The van der Waals surface area contributed by atoms with Crippen LogP contribution in [0.4, 0.5) is 5.69 Å². The monoisotopic (exact) mass is 765 g/mol. The summed E-state index contributed by atoms with van der Waals surface area (Å²) in [5, 5.41) is 19.1. The predicted octanol–water partition coefficient (Wildman–Crippen LogP) is 11.3. The first-order valence-electron chi connectivity index (χ1n) is 14.6. The number of rotatable bonds is 8. The van der Waals surface area contributed by atoms with Gasteiger partial charge in [-0.25, -0.2) is 4.98 Å². The van der Waals surface area contributed by atoms with E-state index in [1.165, 1.54) is 22.3 Å². The van der Waals surface area contributed by atoms with Crippen molar-refractivity contribution in [2.24, 2.45) is 0 Å². The maximum atomic E-state index is 5.42. The Morgan fingerprint density at radius 3 is 1.60 bits per heavy atom. The minimum absolute atomic E-state index is 0. The molecule has 0 N–H and O–H groups in total. The van der Waals surface area contributed by atoms with Crippen molar-refractivity contribution < 1.29 is 25.8 Å². The van der Waals surface area contributed by atoms with Crippen molar-refractivity contribution in [3.8, 4) is 11.3 Å². The number of para-hydroxylation sites is 1. The Morgan fingerprint density at radius 2 is 1.16 bits per heavy atom. The first-order valence-corrected chi connectivity index (χ1v) is 15.5. The van der Waals surface area contributed by atoms with Gasteiger partial charge in [-0.1, -0.05) is 124 Å². The van der Waals surface area contributed by atoms with Gasteiger partial charge in [-0.2, -0.15) is 42.3 Å². The SMILES string of the molecule is CCc1ccc(-c2csc(C([N-]c3c(C(C)C)cccc3C(C)C)c3ccccc3)n2)cc1.C[N-]C.C[N-]C.C[N-]C.[Hf+4]. The van der Waals surface area contributed by atoms with E-state index in [1.807, 2.05) is 0 Å². The second-order valence-electron chi connectivity index (χ2n) is 10.5. The van der Waals surface area contributed by atoms with Crippen LogP contribution in [0.5, 0.6) is 0 Å². The van der Waals surface area contributed by atoms with Gasteiger partial charge in [0.2, 0.25) is 0 Å². The Bertz CT molecular complexity index is 1210. The van der Waals surface area contributed by atoms with Gasteiger partial charge in [0.25, 0.3) is 0 Å². The average Bonchev–Trinajstić information content (AvgIpc) is 3.47. The average molecular weight is 764 g/mol. The van der Waals surface area contributed by atoms with Crippen LogP contribution in [0.25, 0.3) is 32.5 Å². The molecule has 43 heavy (non-hydrogen) atoms. The van der Waals surface area contributed by atoms with Crippen molar-refractivity contribution >= 4 is 17.0 Å². The quantitative estimate of drug-likeness (QED) is 0.165. The zero-order valence-corrected chi connectivity index (χ0v) is 32.5. The zero-order chi connectivity index (χ0) is 31.5. The van der Waals surface area contributed by atoms with Gasteiger partial charge in [0.1, 0.15) is 0 Å². The molecular weight excluding hydrogens is 713 g/mol. The molecule has 0 saturated heterocycles. The second-order valence-corrected chi connectivity index (χ2v) is 11.4. The molecule has 0 fully saturated rings. The van der Waals surface area contributed by atoms with Crippen LogP contribution >= 0.6 is 11.3 Å². The molecule has 3 aromatic carbocycles. The molecule has 0 saturated carbocycles. The van der Waals surface area contributed by atoms with E-state index in [1.54, 1.807) is 53.6 Å². The number of benzene rings is 3. The van der Waals surface area contributed by atoms with Crippen molar-refractivity contribution in [2.45, 2.75) is 58.9 Å². The van der Waals surface area contributed by atoms with Crippen molar-refractivity contribution in [2.75, 3.05) is 42.3 Å². The molecule has 0 amide bonds. The third-order valence-corrected chi connectivity index (χ3v) is 7.03. The summed E-state index contributed by atoms with van der Waals surface area (Å²) in [6.45, 7) is 11.2. The predicted molar refractivity (Wildman–Crippen MR) is 188 cm³/mol. The number of aromatic nitrogens is 1. The molecule has 0 aliphatic rings. The van der Waals surface area contributed by atoms with Gasteiger partial charge in [0, 0.05) is 10.9 Å². The first kappa shape index (κ1) is 40.8. The summed E-state index contributed by atoms with van der Waals surface area (Å²) in [5.74, 6) is 0.811. The summed E-state index contributed by atoms with van der Waals surface area (Å²) in [6, 6.07) is 25.8. The molecule has 4 aromatic rings. The minimum Gasteiger partial charge on any atom is -0.672 e. The second kappa shape index (κ2) is 23.3. The topological polar surface area (TPSA) is 69.3 Å². The molecular formula is C36H51HfN5S. The normalized spacial score (nSPS) is 10.7. The van der Waals surface area contributed by atoms with E-state index in [9.17, 15) is 0 Å². The van der Waals surface area contributed by atoms with Gasteiger partial charge in [0.15, 0.2) is 0 Å². The Kier molecular flexibility index (Phi) is 22.1. The largest absolute Gasteiger partial charge is 4.00 e. The van der Waals surface area contributed by atoms with Crippen LogP contribution in [0, 0.1) is 0 Å². The van der Waals surface area contributed by atoms with Crippen LogP contribution in [0.15, 0.2) is 78.2 Å². The maximum Gasteiger partial charge on any atom is 4.00 e. The summed E-state index contributed by atoms with van der Waals surface area (Å²) >= 11 is 1.70. The molecule has 1 aromatic heterocycles. The summed E-state index contributed by atoms with van der Waals surface area (Å²) < 4.78 is 0. The molecule has 0 radical (unpaired) electrons. The fourth-order valence-electron chi connectivity index (χ4n) is 4.15. The summed E-state index contributed by atoms with van der Waals surface area (Å²) in [6.07, 6.45) is 1.05. The van der Waals surface area contributed by atoms with Gasteiger partial charge >= 0.3 is 25.8 Å². The molecule has 0 aliphatic carbocycles. The van der Waals surface area contributed by atoms with Crippen LogP contribution in [0.3, 0.4) is 0 Å². The molecule has 7 heteroatoms. The molecule has 0 bridgehead atoms. The van der Waals surface area contributed by atoms with E-state index in [4.69, 9.17) is 10.3 Å². The standard InChI is InChI=1S/C30H33N2S.3C2H6N.Hf/c1-6-22-15-17-23(18-16-22)27-19-33-30(31-27)28(24-11-8-7-9-12-24)32-29-25(20(2)3)13-10-14-26(29)21(4)5;3*1-3-2;/h7-21,28H,6H2,1-5H3;3*1-2H3;/q4*-1;+4. The molecule has 4 rings (SSSR count). The number of nitrogens with zero attached hydrogens (tertiary/aromatic N) is 5. The van der Waals surface area contributed by atoms with Gasteiger partial charge in [0.05, 0.1) is 10.7 Å². The Labute approximate surface area is 285 Å².